The SMILES string of the molecule is COCCOCCOCCN(OCCC1CCCCC1)S(=O)(=O)CCCCCCNc1c(Nc2ccncc2)c(=O)c1=O. The predicted molar refractivity (Wildman–Crippen MR) is 167 cm³/mol. The number of aromatic nitrogens is 1. The van der Waals surface area contributed by atoms with Crippen molar-refractivity contribution in [2.24, 2.45) is 5.92 Å². The summed E-state index contributed by atoms with van der Waals surface area (Å²) in [5.74, 6) is 0.585. The standard InChI is InChI=1S/C30H48N4O8S/c1-39-20-21-41-23-22-40-19-17-34(42-18-13-25-9-5-4-6-10-25)43(37,38)24-8-3-2-7-14-32-27-28(30(36)29(27)35)33-26-11-15-31-16-12-26/h11-12,15-16,25,32H,2-10,13-14,17-24H2,1H3,(H,31,33). The van der Waals surface area contributed by atoms with Crippen LogP contribution in [0.3, 0.4) is 0 Å². The molecule has 2 N–H and O–H groups in total. The van der Waals surface area contributed by atoms with Crippen LogP contribution in [0.25, 0.3) is 0 Å². The molecule has 0 atom stereocenters. The highest BCUT2D eigenvalue weighted by Gasteiger charge is 2.24. The van der Waals surface area contributed by atoms with Gasteiger partial charge in [0.25, 0.3) is 10.9 Å². The average Bonchev–Trinajstić information content (AvgIpc) is 3.02. The number of pyridine rings is 1. The van der Waals surface area contributed by atoms with Gasteiger partial charge in [0.1, 0.15) is 11.4 Å². The Morgan fingerprint density at radius 1 is 0.860 bits per heavy atom. The summed E-state index contributed by atoms with van der Waals surface area (Å²) < 4.78 is 43.3. The fourth-order valence-corrected chi connectivity index (χ4v) is 6.38. The summed E-state index contributed by atoms with van der Waals surface area (Å²) in [6.07, 6.45) is 12.9. The number of unbranched alkanes of at least 4 members (excludes halogenated alkanes) is 3. The Morgan fingerprint density at radius 2 is 1.53 bits per heavy atom. The molecule has 43 heavy (non-hydrogen) atoms. The Balaban J connectivity index is 1.36. The molecule has 1 aromatic carbocycles. The molecular weight excluding hydrogens is 576 g/mol. The molecule has 0 amide bonds. The molecule has 1 aliphatic rings. The molecule has 1 heterocycles. The van der Waals surface area contributed by atoms with E-state index in [1.807, 2.05) is 0 Å². The number of nitrogens with one attached hydrogen (secondary N) is 2. The summed E-state index contributed by atoms with van der Waals surface area (Å²) in [6, 6.07) is 3.43. The largest absolute Gasteiger partial charge is 0.382 e. The van der Waals surface area contributed by atoms with Crippen LogP contribution in [0, 0.1) is 5.92 Å². The van der Waals surface area contributed by atoms with Crippen molar-refractivity contribution in [3.63, 3.8) is 0 Å². The van der Waals surface area contributed by atoms with Crippen molar-refractivity contribution in [2.75, 3.05) is 76.2 Å². The molecule has 0 aliphatic heterocycles. The van der Waals surface area contributed by atoms with Gasteiger partial charge >= 0.3 is 0 Å². The van der Waals surface area contributed by atoms with E-state index in [1.165, 1.54) is 32.1 Å². The van der Waals surface area contributed by atoms with Crippen molar-refractivity contribution >= 4 is 27.1 Å². The van der Waals surface area contributed by atoms with Gasteiger partial charge in [0.05, 0.1) is 51.9 Å². The van der Waals surface area contributed by atoms with Crippen LogP contribution in [-0.2, 0) is 29.1 Å². The van der Waals surface area contributed by atoms with E-state index in [2.05, 4.69) is 15.6 Å². The number of sulfonamides is 1. The fraction of sp³-hybridized carbons (Fsp3) is 0.700. The van der Waals surface area contributed by atoms with Crippen LogP contribution < -0.4 is 21.5 Å². The van der Waals surface area contributed by atoms with Gasteiger partial charge in [-0.05, 0) is 37.3 Å². The molecule has 242 valence electrons. The fourth-order valence-electron chi connectivity index (χ4n) is 5.02. The van der Waals surface area contributed by atoms with Gasteiger partial charge in [-0.1, -0.05) is 49.4 Å². The van der Waals surface area contributed by atoms with Crippen molar-refractivity contribution in [1.82, 2.24) is 9.45 Å². The molecule has 0 unspecified atom stereocenters. The zero-order valence-electron chi connectivity index (χ0n) is 25.4. The van der Waals surface area contributed by atoms with Crippen LogP contribution in [0.15, 0.2) is 34.1 Å². The van der Waals surface area contributed by atoms with Gasteiger partial charge in [0.15, 0.2) is 0 Å². The summed E-state index contributed by atoms with van der Waals surface area (Å²) in [6.45, 7) is 3.02. The molecule has 0 radical (unpaired) electrons. The number of ether oxygens (including phenoxy) is 3. The third-order valence-electron chi connectivity index (χ3n) is 7.51. The lowest BCUT2D eigenvalue weighted by Gasteiger charge is -2.25. The highest BCUT2D eigenvalue weighted by molar-refractivity contribution is 7.88. The van der Waals surface area contributed by atoms with E-state index >= 15 is 0 Å². The highest BCUT2D eigenvalue weighted by atomic mass is 32.2. The third kappa shape index (κ3) is 12.6. The monoisotopic (exact) mass is 624 g/mol. The van der Waals surface area contributed by atoms with Crippen molar-refractivity contribution in [3.8, 4) is 0 Å². The number of rotatable bonds is 24. The van der Waals surface area contributed by atoms with Crippen LogP contribution in [-0.4, -0.2) is 83.5 Å². The van der Waals surface area contributed by atoms with Gasteiger partial charge in [-0.15, -0.1) is 0 Å². The van der Waals surface area contributed by atoms with E-state index in [0.29, 0.717) is 64.0 Å². The maximum atomic E-state index is 13.1. The molecule has 2 aromatic rings. The second-order valence-corrected chi connectivity index (χ2v) is 12.8. The minimum absolute atomic E-state index is 0.0118. The lowest BCUT2D eigenvalue weighted by Crippen LogP contribution is -2.37. The zero-order chi connectivity index (χ0) is 30.8. The Hall–Kier alpha value is -2.42. The van der Waals surface area contributed by atoms with E-state index in [4.69, 9.17) is 19.0 Å². The van der Waals surface area contributed by atoms with Crippen LogP contribution >= 0.6 is 0 Å². The third-order valence-corrected chi connectivity index (χ3v) is 9.22. The lowest BCUT2D eigenvalue weighted by atomic mass is 9.87. The number of anilines is 3. The Kier molecular flexibility index (Phi) is 16.1. The molecule has 1 aliphatic carbocycles. The summed E-state index contributed by atoms with van der Waals surface area (Å²) in [7, 11) is -2.00. The highest BCUT2D eigenvalue weighted by Crippen LogP contribution is 2.26. The first-order valence-corrected chi connectivity index (χ1v) is 17.0. The summed E-state index contributed by atoms with van der Waals surface area (Å²) in [4.78, 5) is 33.7. The van der Waals surface area contributed by atoms with E-state index in [-0.39, 0.29) is 30.3 Å². The maximum Gasteiger partial charge on any atom is 0.253 e. The normalized spacial score (nSPS) is 14.5. The Bertz CT molecular complexity index is 1210. The first-order chi connectivity index (χ1) is 20.9. The average molecular weight is 625 g/mol. The molecule has 12 nitrogen and oxygen atoms in total. The topological polar surface area (TPSA) is 145 Å². The second kappa shape index (κ2) is 19.8. The predicted octanol–water partition coefficient (Wildman–Crippen LogP) is 3.61. The minimum atomic E-state index is -3.62. The smallest absolute Gasteiger partial charge is 0.253 e. The maximum absolute atomic E-state index is 13.1. The second-order valence-electron chi connectivity index (χ2n) is 10.8. The number of nitrogens with zero attached hydrogens (tertiary/aromatic N) is 2. The number of hydroxylamine groups is 1. The van der Waals surface area contributed by atoms with E-state index < -0.39 is 20.9 Å². The molecular formula is C30H48N4O8S. The molecule has 1 fully saturated rings. The van der Waals surface area contributed by atoms with Crippen LogP contribution in [0.4, 0.5) is 17.1 Å². The van der Waals surface area contributed by atoms with Crippen molar-refractivity contribution in [2.45, 2.75) is 64.2 Å². The van der Waals surface area contributed by atoms with Crippen LogP contribution in [0.2, 0.25) is 0 Å². The first-order valence-electron chi connectivity index (χ1n) is 15.4. The Labute approximate surface area is 255 Å². The minimum Gasteiger partial charge on any atom is -0.382 e. The molecule has 0 spiro atoms. The van der Waals surface area contributed by atoms with Gasteiger partial charge in [0.2, 0.25) is 10.0 Å². The van der Waals surface area contributed by atoms with Gasteiger partial charge in [-0.25, -0.2) is 8.42 Å². The molecule has 13 heteroatoms. The molecule has 0 saturated heterocycles. The summed E-state index contributed by atoms with van der Waals surface area (Å²) in [5, 5.41) is 6.01. The summed E-state index contributed by atoms with van der Waals surface area (Å²) >= 11 is 0. The van der Waals surface area contributed by atoms with Gasteiger partial charge in [-0.3, -0.25) is 19.4 Å². The number of hydrogen-bond donors (Lipinski definition) is 2. The quantitative estimate of drug-likeness (QED) is 0.100. The first kappa shape index (κ1) is 35.1. The van der Waals surface area contributed by atoms with E-state index in [1.54, 1.807) is 31.6 Å². The van der Waals surface area contributed by atoms with E-state index in [9.17, 15) is 18.0 Å². The zero-order valence-corrected chi connectivity index (χ0v) is 26.2. The molecule has 0 bridgehead atoms. The van der Waals surface area contributed by atoms with Gasteiger partial charge in [-0.2, -0.15) is 0 Å². The van der Waals surface area contributed by atoms with Gasteiger partial charge < -0.3 is 24.8 Å². The summed E-state index contributed by atoms with van der Waals surface area (Å²) in [5.41, 5.74) is 0.143. The van der Waals surface area contributed by atoms with Crippen molar-refractivity contribution < 1.29 is 27.5 Å². The van der Waals surface area contributed by atoms with Crippen molar-refractivity contribution in [1.29, 1.82) is 0 Å². The van der Waals surface area contributed by atoms with Gasteiger partial charge in [0, 0.05) is 31.7 Å². The molecule has 1 saturated carbocycles. The van der Waals surface area contributed by atoms with Crippen LogP contribution in [0.5, 0.6) is 0 Å². The number of hydrogen-bond acceptors (Lipinski definition) is 11. The molecule has 1 aromatic heterocycles. The van der Waals surface area contributed by atoms with E-state index in [0.717, 1.165) is 23.7 Å². The van der Waals surface area contributed by atoms with Crippen LogP contribution in [0.1, 0.15) is 64.2 Å². The van der Waals surface area contributed by atoms with Crippen molar-refractivity contribution in [3.05, 3.63) is 45.0 Å². The Morgan fingerprint density at radius 3 is 2.28 bits per heavy atom. The molecule has 3 rings (SSSR count). The number of methoxy groups -OCH3 is 1. The lowest BCUT2D eigenvalue weighted by molar-refractivity contribution is -0.101.